The molecule has 21 heavy (non-hydrogen) atoms. The minimum atomic E-state index is -0.484. The van der Waals surface area contributed by atoms with E-state index in [1.165, 1.54) is 11.1 Å². The van der Waals surface area contributed by atoms with Crippen molar-refractivity contribution in [3.8, 4) is 0 Å². The lowest BCUT2D eigenvalue weighted by Gasteiger charge is -2.32. The Labute approximate surface area is 126 Å². The molecule has 1 atom stereocenters. The lowest BCUT2D eigenvalue weighted by Crippen LogP contribution is -2.50. The second-order valence-electron chi connectivity index (χ2n) is 6.72. The quantitative estimate of drug-likeness (QED) is 0.906. The van der Waals surface area contributed by atoms with Gasteiger partial charge in [0, 0.05) is 18.5 Å². The van der Waals surface area contributed by atoms with Crippen molar-refractivity contribution >= 4 is 11.8 Å². The first-order chi connectivity index (χ1) is 9.79. The summed E-state index contributed by atoms with van der Waals surface area (Å²) in [6.07, 6.45) is 0.877. The Kier molecular flexibility index (Phi) is 4.35. The monoisotopic (exact) mass is 288 g/mol. The molecule has 0 aliphatic carbocycles. The van der Waals surface area contributed by atoms with Crippen LogP contribution in [-0.2, 0) is 22.6 Å². The van der Waals surface area contributed by atoms with E-state index in [9.17, 15) is 9.59 Å². The number of hydrogen-bond donors (Lipinski definition) is 1. The lowest BCUT2D eigenvalue weighted by atomic mass is 9.95. The standard InChI is InChI=1S/C17H24N2O2/c1-12(18-16(21)17(2,3)4)15(20)19-10-9-13-7-5-6-8-14(13)11-19/h5-8,12H,9-11H2,1-4H3,(H,18,21)/t12-/m0/s1. The fraction of sp³-hybridized carbons (Fsp3) is 0.529. The van der Waals surface area contributed by atoms with Gasteiger partial charge in [0.15, 0.2) is 0 Å². The molecule has 4 nitrogen and oxygen atoms in total. The maximum atomic E-state index is 12.5. The minimum absolute atomic E-state index is 0.0119. The lowest BCUT2D eigenvalue weighted by molar-refractivity contribution is -0.138. The summed E-state index contributed by atoms with van der Waals surface area (Å²) in [5.41, 5.74) is 2.03. The zero-order valence-corrected chi connectivity index (χ0v) is 13.3. The summed E-state index contributed by atoms with van der Waals surface area (Å²) < 4.78 is 0. The van der Waals surface area contributed by atoms with Crippen LogP contribution < -0.4 is 5.32 Å². The number of fused-ring (bicyclic) bond motifs is 1. The first kappa shape index (κ1) is 15.5. The first-order valence-electron chi connectivity index (χ1n) is 7.45. The number of nitrogens with one attached hydrogen (secondary N) is 1. The van der Waals surface area contributed by atoms with Crippen LogP contribution in [0.5, 0.6) is 0 Å². The van der Waals surface area contributed by atoms with Gasteiger partial charge < -0.3 is 10.2 Å². The van der Waals surface area contributed by atoms with Crippen molar-refractivity contribution < 1.29 is 9.59 Å². The van der Waals surface area contributed by atoms with Crippen LogP contribution in [0.3, 0.4) is 0 Å². The van der Waals surface area contributed by atoms with Crippen LogP contribution in [0.2, 0.25) is 0 Å². The second kappa shape index (κ2) is 5.88. The number of rotatable bonds is 2. The van der Waals surface area contributed by atoms with E-state index in [-0.39, 0.29) is 11.8 Å². The number of carbonyl (C=O) groups excluding carboxylic acids is 2. The molecule has 4 heteroatoms. The van der Waals surface area contributed by atoms with Gasteiger partial charge in [0.2, 0.25) is 11.8 Å². The molecule has 1 aliphatic rings. The zero-order valence-electron chi connectivity index (χ0n) is 13.3. The SMILES string of the molecule is C[C@H](NC(=O)C(C)(C)C)C(=O)N1CCc2ccccc2C1. The molecule has 0 saturated carbocycles. The van der Waals surface area contributed by atoms with Gasteiger partial charge in [-0.3, -0.25) is 9.59 Å². The Hall–Kier alpha value is -1.84. The van der Waals surface area contributed by atoms with Crippen LogP contribution in [0.1, 0.15) is 38.8 Å². The molecule has 0 bridgehead atoms. The topological polar surface area (TPSA) is 49.4 Å². The number of nitrogens with zero attached hydrogens (tertiary/aromatic N) is 1. The molecule has 1 aliphatic heterocycles. The average molecular weight is 288 g/mol. The summed E-state index contributed by atoms with van der Waals surface area (Å²) in [6.45, 7) is 8.63. The van der Waals surface area contributed by atoms with Crippen molar-refractivity contribution in [3.05, 3.63) is 35.4 Å². The molecule has 0 spiro atoms. The fourth-order valence-electron chi connectivity index (χ4n) is 2.43. The first-order valence-corrected chi connectivity index (χ1v) is 7.45. The van der Waals surface area contributed by atoms with Crippen LogP contribution >= 0.6 is 0 Å². The summed E-state index contributed by atoms with van der Waals surface area (Å²) in [7, 11) is 0. The van der Waals surface area contributed by atoms with Gasteiger partial charge in [-0.05, 0) is 24.5 Å². The van der Waals surface area contributed by atoms with Crippen LogP contribution in [-0.4, -0.2) is 29.3 Å². The molecule has 0 radical (unpaired) electrons. The number of amides is 2. The molecular formula is C17H24N2O2. The third kappa shape index (κ3) is 3.63. The van der Waals surface area contributed by atoms with Gasteiger partial charge in [-0.2, -0.15) is 0 Å². The fourth-order valence-corrected chi connectivity index (χ4v) is 2.43. The molecule has 1 heterocycles. The van der Waals surface area contributed by atoms with Crippen LogP contribution in [0.15, 0.2) is 24.3 Å². The van der Waals surface area contributed by atoms with Crippen LogP contribution in [0.25, 0.3) is 0 Å². The van der Waals surface area contributed by atoms with E-state index in [4.69, 9.17) is 0 Å². The Morgan fingerprint density at radius 2 is 1.81 bits per heavy atom. The highest BCUT2D eigenvalue weighted by atomic mass is 16.2. The smallest absolute Gasteiger partial charge is 0.245 e. The van der Waals surface area contributed by atoms with Gasteiger partial charge in [0.1, 0.15) is 6.04 Å². The number of benzene rings is 1. The maximum Gasteiger partial charge on any atom is 0.245 e. The third-order valence-electron chi connectivity index (χ3n) is 3.84. The van der Waals surface area contributed by atoms with Gasteiger partial charge in [-0.15, -0.1) is 0 Å². The van der Waals surface area contributed by atoms with E-state index in [0.29, 0.717) is 13.1 Å². The normalized spacial score (nSPS) is 16.1. The van der Waals surface area contributed by atoms with Crippen LogP contribution in [0.4, 0.5) is 0 Å². The summed E-state index contributed by atoms with van der Waals surface area (Å²) in [6, 6.07) is 7.72. The highest BCUT2D eigenvalue weighted by Crippen LogP contribution is 2.19. The summed E-state index contributed by atoms with van der Waals surface area (Å²) in [5, 5.41) is 2.81. The highest BCUT2D eigenvalue weighted by molar-refractivity contribution is 5.89. The third-order valence-corrected chi connectivity index (χ3v) is 3.84. The predicted octanol–water partition coefficient (Wildman–Crippen LogP) is 2.12. The summed E-state index contributed by atoms with van der Waals surface area (Å²) in [5.74, 6) is -0.108. The molecule has 1 N–H and O–H groups in total. The molecule has 1 aromatic rings. The molecule has 0 saturated heterocycles. The van der Waals surface area contributed by atoms with E-state index in [1.807, 2.05) is 37.8 Å². The van der Waals surface area contributed by atoms with Crippen molar-refractivity contribution in [2.24, 2.45) is 5.41 Å². The average Bonchev–Trinajstić information content (AvgIpc) is 2.44. The minimum Gasteiger partial charge on any atom is -0.344 e. The molecule has 0 fully saturated rings. The Balaban J connectivity index is 2.00. The highest BCUT2D eigenvalue weighted by Gasteiger charge is 2.28. The van der Waals surface area contributed by atoms with Gasteiger partial charge in [0.05, 0.1) is 0 Å². The van der Waals surface area contributed by atoms with Crippen molar-refractivity contribution in [1.82, 2.24) is 10.2 Å². The van der Waals surface area contributed by atoms with E-state index in [0.717, 1.165) is 6.42 Å². The Bertz CT molecular complexity index is 546. The van der Waals surface area contributed by atoms with Gasteiger partial charge >= 0.3 is 0 Å². The van der Waals surface area contributed by atoms with Crippen LogP contribution in [0, 0.1) is 5.41 Å². The van der Waals surface area contributed by atoms with Crippen molar-refractivity contribution in [3.63, 3.8) is 0 Å². The van der Waals surface area contributed by atoms with Gasteiger partial charge in [-0.25, -0.2) is 0 Å². The van der Waals surface area contributed by atoms with E-state index in [2.05, 4.69) is 17.4 Å². The van der Waals surface area contributed by atoms with E-state index in [1.54, 1.807) is 6.92 Å². The van der Waals surface area contributed by atoms with E-state index >= 15 is 0 Å². The molecule has 0 unspecified atom stereocenters. The number of carbonyl (C=O) groups is 2. The Morgan fingerprint density at radius 1 is 1.19 bits per heavy atom. The number of hydrogen-bond acceptors (Lipinski definition) is 2. The molecular weight excluding hydrogens is 264 g/mol. The van der Waals surface area contributed by atoms with Gasteiger partial charge in [0.25, 0.3) is 0 Å². The largest absolute Gasteiger partial charge is 0.344 e. The maximum absolute atomic E-state index is 12.5. The van der Waals surface area contributed by atoms with Crippen molar-refractivity contribution in [1.29, 1.82) is 0 Å². The molecule has 2 amide bonds. The molecule has 1 aromatic carbocycles. The molecule has 2 rings (SSSR count). The van der Waals surface area contributed by atoms with Crippen molar-refractivity contribution in [2.75, 3.05) is 6.54 Å². The summed E-state index contributed by atoms with van der Waals surface area (Å²) >= 11 is 0. The predicted molar refractivity (Wildman–Crippen MR) is 82.6 cm³/mol. The zero-order chi connectivity index (χ0) is 15.6. The Morgan fingerprint density at radius 3 is 2.43 bits per heavy atom. The van der Waals surface area contributed by atoms with Crippen molar-refractivity contribution in [2.45, 2.75) is 46.7 Å². The molecule has 114 valence electrons. The second-order valence-corrected chi connectivity index (χ2v) is 6.72. The summed E-state index contributed by atoms with van der Waals surface area (Å²) in [4.78, 5) is 26.3. The van der Waals surface area contributed by atoms with Gasteiger partial charge in [-0.1, -0.05) is 45.0 Å². The molecule has 0 aromatic heterocycles. The van der Waals surface area contributed by atoms with E-state index < -0.39 is 11.5 Å².